The molecule has 0 spiro atoms. The minimum absolute atomic E-state index is 0.0578. The van der Waals surface area contributed by atoms with Gasteiger partial charge in [0.15, 0.2) is 0 Å². The van der Waals surface area contributed by atoms with E-state index in [2.05, 4.69) is 15.3 Å². The number of hydrogen-bond acceptors (Lipinski definition) is 8. The Balaban J connectivity index is 1.79. The first kappa shape index (κ1) is 19.0. The molecule has 0 radical (unpaired) electrons. The summed E-state index contributed by atoms with van der Waals surface area (Å²) in [6, 6.07) is 5.52. The van der Waals surface area contributed by atoms with E-state index in [0.717, 1.165) is 22.7 Å². The van der Waals surface area contributed by atoms with E-state index in [4.69, 9.17) is 0 Å². The summed E-state index contributed by atoms with van der Waals surface area (Å²) in [7, 11) is 0. The van der Waals surface area contributed by atoms with Crippen molar-refractivity contribution in [3.05, 3.63) is 79.1 Å². The monoisotopic (exact) mass is 399 g/mol. The summed E-state index contributed by atoms with van der Waals surface area (Å²) >= 11 is 1.38. The molecule has 3 rings (SSSR count). The molecule has 0 aliphatic heterocycles. The van der Waals surface area contributed by atoms with Crippen LogP contribution in [0.1, 0.15) is 21.6 Å². The molecule has 11 heteroatoms. The molecule has 0 aliphatic rings. The van der Waals surface area contributed by atoms with Gasteiger partial charge in [-0.2, -0.15) is 0 Å². The van der Waals surface area contributed by atoms with Crippen molar-refractivity contribution < 1.29 is 14.6 Å². The molecule has 0 aliphatic carbocycles. The molecule has 1 amide bonds. The standard InChI is InChI=1S/C17H13N5O5S/c1-10-14(5-13(21(24)25)6-15(10)22(26)27)16(23)19-8-12-9-28-17(20-12)11-3-2-4-18-7-11/h2-7,9H,8H2,1H3,(H,19,23). The van der Waals surface area contributed by atoms with Crippen LogP contribution in [0.5, 0.6) is 0 Å². The van der Waals surface area contributed by atoms with Crippen LogP contribution in [-0.4, -0.2) is 25.7 Å². The number of nitro benzene ring substituents is 2. The lowest BCUT2D eigenvalue weighted by Crippen LogP contribution is -2.24. The van der Waals surface area contributed by atoms with Crippen LogP contribution in [0.2, 0.25) is 0 Å². The number of non-ortho nitro benzene ring substituents is 1. The van der Waals surface area contributed by atoms with E-state index in [-0.39, 0.29) is 17.7 Å². The third-order valence-corrected chi connectivity index (χ3v) is 4.85. The minimum Gasteiger partial charge on any atom is -0.346 e. The zero-order valence-electron chi connectivity index (χ0n) is 14.5. The summed E-state index contributed by atoms with van der Waals surface area (Å²) < 4.78 is 0. The number of benzene rings is 1. The van der Waals surface area contributed by atoms with Crippen LogP contribution in [-0.2, 0) is 6.54 Å². The van der Waals surface area contributed by atoms with Gasteiger partial charge in [0.05, 0.1) is 33.7 Å². The van der Waals surface area contributed by atoms with Crippen LogP contribution < -0.4 is 5.32 Å². The normalized spacial score (nSPS) is 10.5. The number of rotatable bonds is 6. The summed E-state index contributed by atoms with van der Waals surface area (Å²) in [4.78, 5) is 41.5. The van der Waals surface area contributed by atoms with E-state index >= 15 is 0 Å². The number of amides is 1. The molecule has 142 valence electrons. The number of pyridine rings is 1. The maximum absolute atomic E-state index is 12.5. The average molecular weight is 399 g/mol. The van der Waals surface area contributed by atoms with Crippen LogP contribution in [0.4, 0.5) is 11.4 Å². The van der Waals surface area contributed by atoms with E-state index in [1.165, 1.54) is 18.3 Å². The molecule has 0 bridgehead atoms. The van der Waals surface area contributed by atoms with Crippen molar-refractivity contribution in [1.82, 2.24) is 15.3 Å². The molecule has 28 heavy (non-hydrogen) atoms. The predicted octanol–water partition coefficient (Wildman–Crippen LogP) is 3.26. The lowest BCUT2D eigenvalue weighted by molar-refractivity contribution is -0.394. The van der Waals surface area contributed by atoms with E-state index in [9.17, 15) is 25.0 Å². The second-order valence-corrected chi connectivity index (χ2v) is 6.58. The first-order valence-electron chi connectivity index (χ1n) is 7.93. The van der Waals surface area contributed by atoms with Gasteiger partial charge < -0.3 is 5.32 Å². The first-order valence-corrected chi connectivity index (χ1v) is 8.81. The highest BCUT2D eigenvalue weighted by Gasteiger charge is 2.24. The zero-order valence-corrected chi connectivity index (χ0v) is 15.3. The van der Waals surface area contributed by atoms with Gasteiger partial charge in [0.25, 0.3) is 17.3 Å². The number of nitro groups is 2. The average Bonchev–Trinajstić information content (AvgIpc) is 3.15. The Labute approximate surface area is 162 Å². The number of hydrogen-bond donors (Lipinski definition) is 1. The maximum Gasteiger partial charge on any atom is 0.279 e. The number of nitrogens with one attached hydrogen (secondary N) is 1. The predicted molar refractivity (Wildman–Crippen MR) is 101 cm³/mol. The summed E-state index contributed by atoms with van der Waals surface area (Å²) in [6.45, 7) is 1.45. The Morgan fingerprint density at radius 2 is 2.04 bits per heavy atom. The van der Waals surface area contributed by atoms with Crippen molar-refractivity contribution in [3.63, 3.8) is 0 Å². The number of nitrogens with zero attached hydrogens (tertiary/aromatic N) is 4. The van der Waals surface area contributed by atoms with E-state index in [1.807, 2.05) is 6.07 Å². The SMILES string of the molecule is Cc1c(C(=O)NCc2csc(-c3cccnc3)n2)cc([N+](=O)[O-])cc1[N+](=O)[O-]. The Bertz CT molecular complexity index is 1070. The van der Waals surface area contributed by atoms with Crippen LogP contribution >= 0.6 is 11.3 Å². The Kier molecular flexibility index (Phi) is 5.36. The third kappa shape index (κ3) is 3.99. The van der Waals surface area contributed by atoms with Gasteiger partial charge in [-0.05, 0) is 19.1 Å². The van der Waals surface area contributed by atoms with Gasteiger partial charge in [0, 0.05) is 35.0 Å². The van der Waals surface area contributed by atoms with Crippen LogP contribution in [0, 0.1) is 27.2 Å². The molecule has 1 aromatic carbocycles. The van der Waals surface area contributed by atoms with Gasteiger partial charge >= 0.3 is 0 Å². The van der Waals surface area contributed by atoms with Gasteiger partial charge in [-0.3, -0.25) is 30.0 Å². The molecule has 0 saturated carbocycles. The minimum atomic E-state index is -0.774. The smallest absolute Gasteiger partial charge is 0.279 e. The van der Waals surface area contributed by atoms with Crippen LogP contribution in [0.15, 0.2) is 42.0 Å². The van der Waals surface area contributed by atoms with E-state index < -0.39 is 27.1 Å². The summed E-state index contributed by atoms with van der Waals surface area (Å²) in [5.74, 6) is -0.653. The van der Waals surface area contributed by atoms with Crippen LogP contribution in [0.25, 0.3) is 10.6 Å². The molecular weight excluding hydrogens is 386 g/mol. The van der Waals surface area contributed by atoms with Crippen LogP contribution in [0.3, 0.4) is 0 Å². The van der Waals surface area contributed by atoms with Crippen molar-refractivity contribution in [2.24, 2.45) is 0 Å². The summed E-state index contributed by atoms with van der Waals surface area (Å²) in [6.07, 6.45) is 3.32. The molecule has 10 nitrogen and oxygen atoms in total. The largest absolute Gasteiger partial charge is 0.346 e. The van der Waals surface area contributed by atoms with Crippen molar-refractivity contribution >= 4 is 28.6 Å². The van der Waals surface area contributed by atoms with Crippen molar-refractivity contribution in [2.45, 2.75) is 13.5 Å². The fourth-order valence-electron chi connectivity index (χ4n) is 2.49. The van der Waals surface area contributed by atoms with Gasteiger partial charge in [0.2, 0.25) is 0 Å². The summed E-state index contributed by atoms with van der Waals surface area (Å²) in [5.41, 5.74) is 0.373. The second-order valence-electron chi connectivity index (χ2n) is 5.72. The van der Waals surface area contributed by atoms with Crippen molar-refractivity contribution in [3.8, 4) is 10.6 Å². The highest BCUT2D eigenvalue weighted by atomic mass is 32.1. The molecule has 0 fully saturated rings. The quantitative estimate of drug-likeness (QED) is 0.495. The molecule has 1 N–H and O–H groups in total. The molecule has 2 heterocycles. The lowest BCUT2D eigenvalue weighted by atomic mass is 10.0. The molecule has 2 aromatic heterocycles. The molecular formula is C17H13N5O5S. The fourth-order valence-corrected chi connectivity index (χ4v) is 3.30. The molecule has 0 unspecified atom stereocenters. The zero-order chi connectivity index (χ0) is 20.3. The van der Waals surface area contributed by atoms with E-state index in [0.29, 0.717) is 5.69 Å². The highest BCUT2D eigenvalue weighted by Crippen LogP contribution is 2.28. The van der Waals surface area contributed by atoms with Gasteiger partial charge in [-0.25, -0.2) is 4.98 Å². The number of aromatic nitrogens is 2. The van der Waals surface area contributed by atoms with Crippen molar-refractivity contribution in [2.75, 3.05) is 0 Å². The van der Waals surface area contributed by atoms with Crippen molar-refractivity contribution in [1.29, 1.82) is 0 Å². The molecule has 0 atom stereocenters. The summed E-state index contributed by atoms with van der Waals surface area (Å²) in [5, 5.41) is 27.2. The van der Waals surface area contributed by atoms with Gasteiger partial charge in [0.1, 0.15) is 5.01 Å². The Morgan fingerprint density at radius 1 is 1.25 bits per heavy atom. The Hall–Kier alpha value is -3.73. The number of carbonyl (C=O) groups excluding carboxylic acids is 1. The second kappa shape index (κ2) is 7.88. The first-order chi connectivity index (χ1) is 13.4. The topological polar surface area (TPSA) is 141 Å². The van der Waals surface area contributed by atoms with Gasteiger partial charge in [-0.1, -0.05) is 0 Å². The maximum atomic E-state index is 12.5. The third-order valence-electron chi connectivity index (χ3n) is 3.91. The van der Waals surface area contributed by atoms with Gasteiger partial charge in [-0.15, -0.1) is 11.3 Å². The highest BCUT2D eigenvalue weighted by molar-refractivity contribution is 7.13. The molecule has 0 saturated heterocycles. The lowest BCUT2D eigenvalue weighted by Gasteiger charge is -2.07. The number of carbonyl (C=O) groups is 1. The Morgan fingerprint density at radius 3 is 2.68 bits per heavy atom. The van der Waals surface area contributed by atoms with E-state index in [1.54, 1.807) is 23.8 Å². The number of thiazole rings is 1. The molecule has 3 aromatic rings. The fraction of sp³-hybridized carbons (Fsp3) is 0.118.